The van der Waals surface area contributed by atoms with Crippen LogP contribution in [0, 0.1) is 5.92 Å². The quantitative estimate of drug-likeness (QED) is 0.825. The molecule has 0 radical (unpaired) electrons. The molecule has 2 unspecified atom stereocenters. The van der Waals surface area contributed by atoms with Gasteiger partial charge in [0.05, 0.1) is 0 Å². The van der Waals surface area contributed by atoms with Crippen LogP contribution in [0.25, 0.3) is 0 Å². The van der Waals surface area contributed by atoms with Crippen molar-refractivity contribution in [2.75, 3.05) is 26.2 Å². The van der Waals surface area contributed by atoms with Crippen LogP contribution in [-0.4, -0.2) is 54.1 Å². The molecule has 2 heterocycles. The van der Waals surface area contributed by atoms with E-state index in [1.54, 1.807) is 0 Å². The Morgan fingerprint density at radius 1 is 1.06 bits per heavy atom. The van der Waals surface area contributed by atoms with E-state index < -0.39 is 0 Å². The maximum Gasteiger partial charge on any atom is 0.0235 e. The van der Waals surface area contributed by atoms with Gasteiger partial charge in [0.1, 0.15) is 0 Å². The predicted octanol–water partition coefficient (Wildman–Crippen LogP) is 1.67. The van der Waals surface area contributed by atoms with Crippen LogP contribution in [0.2, 0.25) is 0 Å². The molecule has 3 aliphatic rings. The Bertz CT molecular complexity index is 269. The van der Waals surface area contributed by atoms with E-state index in [2.05, 4.69) is 16.7 Å². The van der Waals surface area contributed by atoms with Crippen LogP contribution >= 0.6 is 0 Å². The summed E-state index contributed by atoms with van der Waals surface area (Å²) in [5.41, 5.74) is 6.00. The number of hydrogen-bond donors (Lipinski definition) is 1. The van der Waals surface area contributed by atoms with Crippen molar-refractivity contribution in [3.63, 3.8) is 0 Å². The molecular weight excluding hydrogens is 222 g/mol. The Balaban J connectivity index is 1.51. The highest BCUT2D eigenvalue weighted by Gasteiger charge is 2.38. The molecule has 0 aromatic carbocycles. The fourth-order valence-corrected chi connectivity index (χ4v) is 4.02. The number of rotatable bonds is 4. The van der Waals surface area contributed by atoms with Crippen molar-refractivity contribution < 1.29 is 0 Å². The van der Waals surface area contributed by atoms with Gasteiger partial charge in [-0.25, -0.2) is 0 Å². The lowest BCUT2D eigenvalue weighted by Gasteiger charge is -2.35. The Hall–Kier alpha value is -0.120. The number of nitrogens with two attached hydrogens (primary N) is 1. The van der Waals surface area contributed by atoms with E-state index in [0.717, 1.165) is 18.0 Å². The standard InChI is InChI=1S/C15H29N3/c1-2-15(12-3-4-12)18-10-7-14(11-18)17-8-5-13(16)6-9-17/h12-15H,2-11,16H2,1H3. The molecule has 2 atom stereocenters. The van der Waals surface area contributed by atoms with Gasteiger partial charge in [-0.1, -0.05) is 6.92 Å². The molecule has 2 saturated heterocycles. The van der Waals surface area contributed by atoms with Crippen LogP contribution in [0.1, 0.15) is 45.4 Å². The molecule has 0 aromatic rings. The average Bonchev–Trinajstić information content (AvgIpc) is 3.09. The first kappa shape index (κ1) is 12.9. The Labute approximate surface area is 112 Å². The van der Waals surface area contributed by atoms with Crippen LogP contribution in [0.4, 0.5) is 0 Å². The highest BCUT2D eigenvalue weighted by atomic mass is 15.3. The predicted molar refractivity (Wildman–Crippen MR) is 75.6 cm³/mol. The Kier molecular flexibility index (Phi) is 3.92. The highest BCUT2D eigenvalue weighted by Crippen LogP contribution is 2.38. The minimum atomic E-state index is 0.466. The van der Waals surface area contributed by atoms with Crippen LogP contribution < -0.4 is 5.73 Å². The Morgan fingerprint density at radius 3 is 2.39 bits per heavy atom. The Morgan fingerprint density at radius 2 is 1.78 bits per heavy atom. The summed E-state index contributed by atoms with van der Waals surface area (Å²) in [7, 11) is 0. The van der Waals surface area contributed by atoms with Crippen molar-refractivity contribution >= 4 is 0 Å². The molecule has 3 nitrogen and oxygen atoms in total. The summed E-state index contributed by atoms with van der Waals surface area (Å²) < 4.78 is 0. The van der Waals surface area contributed by atoms with Crippen molar-refractivity contribution in [2.24, 2.45) is 11.7 Å². The first-order valence-corrected chi connectivity index (χ1v) is 8.01. The van der Waals surface area contributed by atoms with Gasteiger partial charge in [-0.15, -0.1) is 0 Å². The summed E-state index contributed by atoms with van der Waals surface area (Å²) in [6.07, 6.45) is 8.11. The van der Waals surface area contributed by atoms with Gasteiger partial charge in [0.15, 0.2) is 0 Å². The SMILES string of the molecule is CCC(C1CC1)N1CCC(N2CCC(N)CC2)C1. The maximum absolute atomic E-state index is 6.00. The van der Waals surface area contributed by atoms with Crippen molar-refractivity contribution in [3.8, 4) is 0 Å². The lowest BCUT2D eigenvalue weighted by molar-refractivity contribution is 0.138. The van der Waals surface area contributed by atoms with Gasteiger partial charge < -0.3 is 5.73 Å². The van der Waals surface area contributed by atoms with Gasteiger partial charge in [-0.2, -0.15) is 0 Å². The monoisotopic (exact) mass is 251 g/mol. The van der Waals surface area contributed by atoms with Gasteiger partial charge in [0.2, 0.25) is 0 Å². The van der Waals surface area contributed by atoms with Gasteiger partial charge in [0, 0.05) is 31.2 Å². The largest absolute Gasteiger partial charge is 0.328 e. The third-order valence-electron chi connectivity index (χ3n) is 5.34. The number of likely N-dealkylation sites (tertiary alicyclic amines) is 2. The topological polar surface area (TPSA) is 32.5 Å². The third kappa shape index (κ3) is 2.73. The molecule has 2 aliphatic heterocycles. The van der Waals surface area contributed by atoms with Gasteiger partial charge >= 0.3 is 0 Å². The second-order valence-corrected chi connectivity index (χ2v) is 6.62. The highest BCUT2D eigenvalue weighted by molar-refractivity contribution is 4.94. The molecule has 2 N–H and O–H groups in total. The number of hydrogen-bond acceptors (Lipinski definition) is 3. The van der Waals surface area contributed by atoms with Gasteiger partial charge in [-0.3, -0.25) is 9.80 Å². The van der Waals surface area contributed by atoms with Crippen LogP contribution in [0.15, 0.2) is 0 Å². The molecule has 0 bridgehead atoms. The number of piperidine rings is 1. The average molecular weight is 251 g/mol. The van der Waals surface area contributed by atoms with Crippen molar-refractivity contribution in [1.82, 2.24) is 9.80 Å². The summed E-state index contributed by atoms with van der Waals surface area (Å²) in [6.45, 7) is 7.50. The summed E-state index contributed by atoms with van der Waals surface area (Å²) in [5, 5.41) is 0. The fraction of sp³-hybridized carbons (Fsp3) is 1.00. The van der Waals surface area contributed by atoms with E-state index in [-0.39, 0.29) is 0 Å². The summed E-state index contributed by atoms with van der Waals surface area (Å²) in [4.78, 5) is 5.50. The molecule has 104 valence electrons. The van der Waals surface area contributed by atoms with E-state index in [9.17, 15) is 0 Å². The summed E-state index contributed by atoms with van der Waals surface area (Å²) in [5.74, 6) is 1.03. The first-order chi connectivity index (χ1) is 8.78. The molecule has 18 heavy (non-hydrogen) atoms. The molecule has 0 amide bonds. The van der Waals surface area contributed by atoms with Crippen molar-refractivity contribution in [3.05, 3.63) is 0 Å². The molecule has 1 aliphatic carbocycles. The molecule has 1 saturated carbocycles. The van der Waals surface area contributed by atoms with Gasteiger partial charge in [0.25, 0.3) is 0 Å². The van der Waals surface area contributed by atoms with Crippen LogP contribution in [0.3, 0.4) is 0 Å². The summed E-state index contributed by atoms with van der Waals surface area (Å²) in [6, 6.07) is 2.18. The third-order valence-corrected chi connectivity index (χ3v) is 5.34. The zero-order valence-corrected chi connectivity index (χ0v) is 11.9. The van der Waals surface area contributed by atoms with Crippen molar-refractivity contribution in [1.29, 1.82) is 0 Å². The minimum Gasteiger partial charge on any atom is -0.328 e. The fourth-order valence-electron chi connectivity index (χ4n) is 4.02. The minimum absolute atomic E-state index is 0.466. The normalized spacial score (nSPS) is 34.0. The second kappa shape index (κ2) is 5.48. The van der Waals surface area contributed by atoms with E-state index in [1.807, 2.05) is 0 Å². The van der Waals surface area contributed by atoms with Crippen LogP contribution in [0.5, 0.6) is 0 Å². The second-order valence-electron chi connectivity index (χ2n) is 6.62. The van der Waals surface area contributed by atoms with E-state index in [1.165, 1.54) is 64.7 Å². The molecular formula is C15H29N3. The maximum atomic E-state index is 6.00. The lowest BCUT2D eigenvalue weighted by atomic mass is 10.0. The molecule has 3 rings (SSSR count). The van der Waals surface area contributed by atoms with Crippen LogP contribution in [-0.2, 0) is 0 Å². The number of nitrogens with zero attached hydrogens (tertiary/aromatic N) is 2. The molecule has 0 spiro atoms. The zero-order chi connectivity index (χ0) is 12.5. The van der Waals surface area contributed by atoms with E-state index in [0.29, 0.717) is 6.04 Å². The van der Waals surface area contributed by atoms with Gasteiger partial charge in [-0.05, 0) is 57.5 Å². The first-order valence-electron chi connectivity index (χ1n) is 8.01. The summed E-state index contributed by atoms with van der Waals surface area (Å²) >= 11 is 0. The molecule has 3 fully saturated rings. The van der Waals surface area contributed by atoms with E-state index >= 15 is 0 Å². The van der Waals surface area contributed by atoms with Crippen molar-refractivity contribution in [2.45, 2.75) is 63.6 Å². The zero-order valence-electron chi connectivity index (χ0n) is 11.9. The van der Waals surface area contributed by atoms with E-state index in [4.69, 9.17) is 5.73 Å². The molecule has 3 heteroatoms. The smallest absolute Gasteiger partial charge is 0.0235 e. The molecule has 0 aromatic heterocycles. The lowest BCUT2D eigenvalue weighted by Crippen LogP contribution is -2.46.